The van der Waals surface area contributed by atoms with Gasteiger partial charge in [-0.05, 0) is 25.1 Å². The lowest BCUT2D eigenvalue weighted by molar-refractivity contribution is -0.126. The molecule has 0 spiro atoms. The molecule has 0 aromatic heterocycles. The molecule has 0 bridgehead atoms. The van der Waals surface area contributed by atoms with Crippen LogP contribution in [0.2, 0.25) is 0 Å². The summed E-state index contributed by atoms with van der Waals surface area (Å²) >= 11 is 0. The van der Waals surface area contributed by atoms with Gasteiger partial charge in [-0.3, -0.25) is 4.79 Å². The number of hydrogen-bond acceptors (Lipinski definition) is 2. The fraction of sp³-hybridized carbons (Fsp3) is 0.231. The molecule has 0 aliphatic heterocycles. The maximum atomic E-state index is 13.6. The van der Waals surface area contributed by atoms with Crippen molar-refractivity contribution in [2.45, 2.75) is 13.5 Å². The van der Waals surface area contributed by atoms with Crippen LogP contribution in [-0.4, -0.2) is 17.4 Å². The van der Waals surface area contributed by atoms with Crippen LogP contribution in [0.1, 0.15) is 18.1 Å². The van der Waals surface area contributed by atoms with E-state index in [0.29, 0.717) is 12.1 Å². The molecule has 0 aliphatic rings. The molecular weight excluding hydrogens is 219 g/mol. The van der Waals surface area contributed by atoms with Crippen molar-refractivity contribution in [3.8, 4) is 6.07 Å². The molecule has 0 heterocycles. The summed E-state index contributed by atoms with van der Waals surface area (Å²) in [5.41, 5.74) is 0.658. The highest BCUT2D eigenvalue weighted by molar-refractivity contribution is 5.86. The highest BCUT2D eigenvalue weighted by Crippen LogP contribution is 2.12. The van der Waals surface area contributed by atoms with Crippen molar-refractivity contribution in [3.05, 3.63) is 47.8 Å². The standard InChI is InChI=1S/C13H13FN2O/c1-3-13(17)16(4-2)9-11-6-5-10(8-15)7-12(11)14/h3,5-7H,1,4,9H2,2H3. The minimum Gasteiger partial charge on any atom is -0.335 e. The molecule has 0 radical (unpaired) electrons. The summed E-state index contributed by atoms with van der Waals surface area (Å²) < 4.78 is 13.6. The molecule has 0 saturated carbocycles. The Balaban J connectivity index is 2.91. The molecule has 4 heteroatoms. The topological polar surface area (TPSA) is 44.1 Å². The molecule has 0 fully saturated rings. The van der Waals surface area contributed by atoms with E-state index in [2.05, 4.69) is 6.58 Å². The summed E-state index contributed by atoms with van der Waals surface area (Å²) in [5, 5.41) is 8.61. The number of benzene rings is 1. The molecule has 1 aromatic rings. The number of carbonyl (C=O) groups is 1. The number of nitrogens with zero attached hydrogens (tertiary/aromatic N) is 2. The maximum absolute atomic E-state index is 13.6. The predicted molar refractivity (Wildman–Crippen MR) is 62.4 cm³/mol. The van der Waals surface area contributed by atoms with Crippen molar-refractivity contribution in [2.75, 3.05) is 6.54 Å². The van der Waals surface area contributed by atoms with Gasteiger partial charge in [-0.1, -0.05) is 12.6 Å². The second kappa shape index (κ2) is 5.80. The zero-order valence-corrected chi connectivity index (χ0v) is 9.61. The predicted octanol–water partition coefficient (Wildman–Crippen LogP) is 2.23. The van der Waals surface area contributed by atoms with E-state index in [-0.39, 0.29) is 18.0 Å². The van der Waals surface area contributed by atoms with Crippen molar-refractivity contribution >= 4 is 5.91 Å². The van der Waals surface area contributed by atoms with Crippen molar-refractivity contribution < 1.29 is 9.18 Å². The molecular formula is C13H13FN2O. The van der Waals surface area contributed by atoms with Gasteiger partial charge in [0.25, 0.3) is 0 Å². The highest BCUT2D eigenvalue weighted by atomic mass is 19.1. The lowest BCUT2D eigenvalue weighted by Crippen LogP contribution is -2.28. The number of halogens is 1. The van der Waals surface area contributed by atoms with E-state index in [0.717, 1.165) is 0 Å². The van der Waals surface area contributed by atoms with E-state index in [1.807, 2.05) is 13.0 Å². The molecule has 1 rings (SSSR count). The smallest absolute Gasteiger partial charge is 0.246 e. The Hall–Kier alpha value is -2.15. The molecule has 1 aromatic carbocycles. The molecule has 3 nitrogen and oxygen atoms in total. The van der Waals surface area contributed by atoms with Gasteiger partial charge in [0.05, 0.1) is 11.6 Å². The third-order valence-corrected chi connectivity index (χ3v) is 2.41. The Bertz CT molecular complexity index is 477. The van der Waals surface area contributed by atoms with Crippen LogP contribution in [0.4, 0.5) is 4.39 Å². The molecule has 88 valence electrons. The molecule has 0 aliphatic carbocycles. The monoisotopic (exact) mass is 232 g/mol. The van der Waals surface area contributed by atoms with Crippen LogP contribution >= 0.6 is 0 Å². The minimum absolute atomic E-state index is 0.179. The first kappa shape index (κ1) is 12.9. The van der Waals surface area contributed by atoms with Crippen LogP contribution in [0.3, 0.4) is 0 Å². The Morgan fingerprint density at radius 3 is 2.82 bits per heavy atom. The Morgan fingerprint density at radius 1 is 1.65 bits per heavy atom. The van der Waals surface area contributed by atoms with Crippen LogP contribution in [0.5, 0.6) is 0 Å². The van der Waals surface area contributed by atoms with Crippen LogP contribution in [0, 0.1) is 17.1 Å². The van der Waals surface area contributed by atoms with Gasteiger partial charge in [0.2, 0.25) is 5.91 Å². The van der Waals surface area contributed by atoms with Crippen LogP contribution in [0.25, 0.3) is 0 Å². The normalized spacial score (nSPS) is 9.47. The Labute approximate surface area is 99.8 Å². The zero-order valence-electron chi connectivity index (χ0n) is 9.61. The fourth-order valence-electron chi connectivity index (χ4n) is 1.43. The van der Waals surface area contributed by atoms with Gasteiger partial charge < -0.3 is 4.90 Å². The summed E-state index contributed by atoms with van der Waals surface area (Å²) in [6, 6.07) is 6.08. The highest BCUT2D eigenvalue weighted by Gasteiger charge is 2.11. The molecule has 0 N–H and O–H groups in total. The first-order chi connectivity index (χ1) is 8.12. The second-order valence-electron chi connectivity index (χ2n) is 3.47. The lowest BCUT2D eigenvalue weighted by Gasteiger charge is -2.19. The van der Waals surface area contributed by atoms with Gasteiger partial charge in [0, 0.05) is 18.7 Å². The van der Waals surface area contributed by atoms with E-state index in [1.54, 1.807) is 0 Å². The summed E-state index contributed by atoms with van der Waals surface area (Å²) in [5.74, 6) is -0.712. The molecule has 0 saturated heterocycles. The van der Waals surface area contributed by atoms with Crippen LogP contribution in [0.15, 0.2) is 30.9 Å². The van der Waals surface area contributed by atoms with Crippen LogP contribution in [-0.2, 0) is 11.3 Å². The van der Waals surface area contributed by atoms with Crippen molar-refractivity contribution in [1.29, 1.82) is 5.26 Å². The number of rotatable bonds is 4. The summed E-state index contributed by atoms with van der Waals surface area (Å²) in [6.07, 6.45) is 1.20. The first-order valence-electron chi connectivity index (χ1n) is 5.22. The van der Waals surface area contributed by atoms with E-state index in [1.165, 1.54) is 29.2 Å². The quantitative estimate of drug-likeness (QED) is 0.747. The van der Waals surface area contributed by atoms with E-state index in [9.17, 15) is 9.18 Å². The average Bonchev–Trinajstić information content (AvgIpc) is 2.36. The van der Waals surface area contributed by atoms with Crippen molar-refractivity contribution in [1.82, 2.24) is 4.90 Å². The van der Waals surface area contributed by atoms with E-state index >= 15 is 0 Å². The van der Waals surface area contributed by atoms with Gasteiger partial charge in [-0.2, -0.15) is 5.26 Å². The van der Waals surface area contributed by atoms with Gasteiger partial charge >= 0.3 is 0 Å². The number of amides is 1. The summed E-state index contributed by atoms with van der Waals surface area (Å²) in [7, 11) is 0. The largest absolute Gasteiger partial charge is 0.335 e. The van der Waals surface area contributed by atoms with Gasteiger partial charge in [0.15, 0.2) is 0 Å². The van der Waals surface area contributed by atoms with Gasteiger partial charge in [0.1, 0.15) is 5.82 Å². The van der Waals surface area contributed by atoms with Gasteiger partial charge in [-0.15, -0.1) is 0 Å². The Morgan fingerprint density at radius 2 is 2.35 bits per heavy atom. The first-order valence-corrected chi connectivity index (χ1v) is 5.22. The SMILES string of the molecule is C=CC(=O)N(CC)Cc1ccc(C#N)cc1F. The minimum atomic E-state index is -0.473. The molecule has 1 amide bonds. The molecule has 0 unspecified atom stereocenters. The molecule has 0 atom stereocenters. The van der Waals surface area contributed by atoms with E-state index < -0.39 is 5.82 Å². The van der Waals surface area contributed by atoms with Crippen molar-refractivity contribution in [2.24, 2.45) is 0 Å². The number of nitriles is 1. The number of likely N-dealkylation sites (N-methyl/N-ethyl adjacent to an activating group) is 1. The van der Waals surface area contributed by atoms with Crippen LogP contribution < -0.4 is 0 Å². The number of carbonyl (C=O) groups excluding carboxylic acids is 1. The maximum Gasteiger partial charge on any atom is 0.246 e. The lowest BCUT2D eigenvalue weighted by atomic mass is 10.1. The number of hydrogen-bond donors (Lipinski definition) is 0. The summed E-state index contributed by atoms with van der Waals surface area (Å²) in [4.78, 5) is 12.9. The Kier molecular flexibility index (Phi) is 4.41. The second-order valence-corrected chi connectivity index (χ2v) is 3.47. The average molecular weight is 232 g/mol. The van der Waals surface area contributed by atoms with Gasteiger partial charge in [-0.25, -0.2) is 4.39 Å². The van der Waals surface area contributed by atoms with Crippen molar-refractivity contribution in [3.63, 3.8) is 0 Å². The third-order valence-electron chi connectivity index (χ3n) is 2.41. The third kappa shape index (κ3) is 3.15. The zero-order chi connectivity index (χ0) is 12.8. The summed E-state index contributed by atoms with van der Waals surface area (Å²) in [6.45, 7) is 5.86. The fourth-order valence-corrected chi connectivity index (χ4v) is 1.43. The van der Waals surface area contributed by atoms with E-state index in [4.69, 9.17) is 5.26 Å². The molecule has 17 heavy (non-hydrogen) atoms.